The van der Waals surface area contributed by atoms with E-state index in [1.54, 1.807) is 20.0 Å². The van der Waals surface area contributed by atoms with Crippen molar-refractivity contribution in [2.24, 2.45) is 0 Å². The highest BCUT2D eigenvalue weighted by atomic mass is 19.1. The molecule has 0 heterocycles. The Morgan fingerprint density at radius 2 is 2.19 bits per heavy atom. The second kappa shape index (κ2) is 5.46. The van der Waals surface area contributed by atoms with Crippen LogP contribution in [-0.4, -0.2) is 20.1 Å². The van der Waals surface area contributed by atoms with Gasteiger partial charge in [0.25, 0.3) is 0 Å². The van der Waals surface area contributed by atoms with Gasteiger partial charge in [0.2, 0.25) is 5.91 Å². The second-order valence-electron chi connectivity index (χ2n) is 3.35. The molecule has 0 aliphatic rings. The number of carbonyl (C=O) groups excluding carboxylic acids is 1. The van der Waals surface area contributed by atoms with E-state index in [2.05, 4.69) is 10.9 Å². The number of hydrogen-bond donors (Lipinski definition) is 2. The molecule has 0 aromatic heterocycles. The van der Waals surface area contributed by atoms with E-state index in [0.717, 1.165) is 0 Å². The van der Waals surface area contributed by atoms with E-state index in [-0.39, 0.29) is 11.7 Å². The molecule has 4 nitrogen and oxygen atoms in total. The molecule has 0 aliphatic heterocycles. The fraction of sp³-hybridized carbons (Fsp3) is 0.364. The van der Waals surface area contributed by atoms with Gasteiger partial charge >= 0.3 is 0 Å². The van der Waals surface area contributed by atoms with Crippen molar-refractivity contribution in [3.8, 4) is 5.75 Å². The Balaban J connectivity index is 2.88. The van der Waals surface area contributed by atoms with Crippen molar-refractivity contribution in [2.75, 3.05) is 14.2 Å². The number of hydrazine groups is 1. The van der Waals surface area contributed by atoms with Crippen molar-refractivity contribution in [1.82, 2.24) is 10.9 Å². The van der Waals surface area contributed by atoms with Crippen molar-refractivity contribution < 1.29 is 13.9 Å². The Morgan fingerprint density at radius 1 is 1.50 bits per heavy atom. The van der Waals surface area contributed by atoms with Gasteiger partial charge in [-0.2, -0.15) is 0 Å². The number of benzene rings is 1. The third-order valence-corrected chi connectivity index (χ3v) is 2.32. The summed E-state index contributed by atoms with van der Waals surface area (Å²) in [6, 6.07) is 4.48. The number of rotatable bonds is 4. The summed E-state index contributed by atoms with van der Waals surface area (Å²) in [5.74, 6) is -0.936. The van der Waals surface area contributed by atoms with Gasteiger partial charge in [-0.1, -0.05) is 6.07 Å². The Labute approximate surface area is 93.8 Å². The summed E-state index contributed by atoms with van der Waals surface area (Å²) in [6.45, 7) is 1.70. The lowest BCUT2D eigenvalue weighted by molar-refractivity contribution is -0.123. The molecule has 0 aliphatic carbocycles. The predicted octanol–water partition coefficient (Wildman–Crippen LogP) is 1.19. The first kappa shape index (κ1) is 12.4. The molecular weight excluding hydrogens is 211 g/mol. The summed E-state index contributed by atoms with van der Waals surface area (Å²) < 4.78 is 18.2. The lowest BCUT2D eigenvalue weighted by atomic mass is 10.0. The van der Waals surface area contributed by atoms with Crippen molar-refractivity contribution in [2.45, 2.75) is 12.8 Å². The Bertz CT molecular complexity index is 382. The van der Waals surface area contributed by atoms with Crippen molar-refractivity contribution >= 4 is 5.91 Å². The van der Waals surface area contributed by atoms with Gasteiger partial charge in [0.15, 0.2) is 11.6 Å². The van der Waals surface area contributed by atoms with Crippen LogP contribution in [0.25, 0.3) is 0 Å². The number of amides is 1. The number of ether oxygens (including phenoxy) is 1. The molecule has 2 N–H and O–H groups in total. The van der Waals surface area contributed by atoms with E-state index >= 15 is 0 Å². The Hall–Kier alpha value is -1.62. The highest BCUT2D eigenvalue weighted by molar-refractivity contribution is 5.82. The van der Waals surface area contributed by atoms with Gasteiger partial charge in [0, 0.05) is 7.05 Å². The van der Waals surface area contributed by atoms with Gasteiger partial charge < -0.3 is 4.74 Å². The highest BCUT2D eigenvalue weighted by Gasteiger charge is 2.16. The van der Waals surface area contributed by atoms with Crippen LogP contribution >= 0.6 is 0 Å². The fourth-order valence-corrected chi connectivity index (χ4v) is 1.33. The van der Waals surface area contributed by atoms with Crippen LogP contribution < -0.4 is 15.6 Å². The van der Waals surface area contributed by atoms with Gasteiger partial charge in [-0.15, -0.1) is 0 Å². The summed E-state index contributed by atoms with van der Waals surface area (Å²) in [5, 5.41) is 0. The summed E-state index contributed by atoms with van der Waals surface area (Å²) in [7, 11) is 2.99. The molecule has 1 amide bonds. The topological polar surface area (TPSA) is 50.4 Å². The molecule has 1 unspecified atom stereocenters. The molecule has 1 atom stereocenters. The molecule has 0 radical (unpaired) electrons. The van der Waals surface area contributed by atoms with Crippen LogP contribution in [-0.2, 0) is 4.79 Å². The van der Waals surface area contributed by atoms with Gasteiger partial charge in [0.05, 0.1) is 13.0 Å². The summed E-state index contributed by atoms with van der Waals surface area (Å²) in [5.41, 5.74) is 5.59. The molecule has 0 saturated carbocycles. The van der Waals surface area contributed by atoms with Crippen LogP contribution in [0.2, 0.25) is 0 Å². The summed E-state index contributed by atoms with van der Waals surface area (Å²) in [4.78, 5) is 11.5. The smallest absolute Gasteiger partial charge is 0.241 e. The number of carbonyl (C=O) groups is 1. The lowest BCUT2D eigenvalue weighted by Gasteiger charge is -2.12. The first-order chi connectivity index (χ1) is 7.60. The summed E-state index contributed by atoms with van der Waals surface area (Å²) in [6.07, 6.45) is 0. The van der Waals surface area contributed by atoms with Gasteiger partial charge in [-0.25, -0.2) is 9.82 Å². The molecule has 88 valence electrons. The van der Waals surface area contributed by atoms with Crippen LogP contribution in [0.5, 0.6) is 5.75 Å². The number of hydrogen-bond acceptors (Lipinski definition) is 3. The molecule has 16 heavy (non-hydrogen) atoms. The zero-order valence-corrected chi connectivity index (χ0v) is 9.50. The fourth-order valence-electron chi connectivity index (χ4n) is 1.33. The molecule has 5 heteroatoms. The standard InChI is InChI=1S/C11H15FN2O2/c1-7(11(15)14-13-2)8-4-5-10(16-3)9(12)6-8/h4-7,13H,1-3H3,(H,14,15). The minimum absolute atomic E-state index is 0.171. The normalized spacial score (nSPS) is 12.0. The molecule has 1 aromatic rings. The maximum Gasteiger partial charge on any atom is 0.241 e. The van der Waals surface area contributed by atoms with E-state index in [0.29, 0.717) is 5.56 Å². The van der Waals surface area contributed by atoms with E-state index in [1.807, 2.05) is 0 Å². The van der Waals surface area contributed by atoms with E-state index < -0.39 is 11.7 Å². The minimum atomic E-state index is -0.468. The molecular formula is C11H15FN2O2. The van der Waals surface area contributed by atoms with Crippen LogP contribution in [0.1, 0.15) is 18.4 Å². The van der Waals surface area contributed by atoms with E-state index in [9.17, 15) is 9.18 Å². The monoisotopic (exact) mass is 226 g/mol. The minimum Gasteiger partial charge on any atom is -0.494 e. The molecule has 1 rings (SSSR count). The van der Waals surface area contributed by atoms with Crippen LogP contribution in [0.15, 0.2) is 18.2 Å². The van der Waals surface area contributed by atoms with Gasteiger partial charge in [-0.05, 0) is 24.6 Å². The van der Waals surface area contributed by atoms with Crippen LogP contribution in [0.3, 0.4) is 0 Å². The molecule has 0 fully saturated rings. The first-order valence-corrected chi connectivity index (χ1v) is 4.90. The molecule has 1 aromatic carbocycles. The van der Waals surface area contributed by atoms with Gasteiger partial charge in [0.1, 0.15) is 0 Å². The number of methoxy groups -OCH3 is 1. The zero-order valence-electron chi connectivity index (χ0n) is 9.50. The maximum absolute atomic E-state index is 13.4. The highest BCUT2D eigenvalue weighted by Crippen LogP contribution is 2.22. The summed E-state index contributed by atoms with van der Waals surface area (Å²) >= 11 is 0. The second-order valence-corrected chi connectivity index (χ2v) is 3.35. The predicted molar refractivity (Wildman–Crippen MR) is 58.6 cm³/mol. The van der Waals surface area contributed by atoms with E-state index in [4.69, 9.17) is 4.74 Å². The first-order valence-electron chi connectivity index (χ1n) is 4.90. The zero-order chi connectivity index (χ0) is 12.1. The molecule has 0 bridgehead atoms. The van der Waals surface area contributed by atoms with Crippen molar-refractivity contribution in [1.29, 1.82) is 0 Å². The number of halogens is 1. The number of nitrogens with one attached hydrogen (secondary N) is 2. The average Bonchev–Trinajstić information content (AvgIpc) is 2.28. The average molecular weight is 226 g/mol. The largest absolute Gasteiger partial charge is 0.494 e. The van der Waals surface area contributed by atoms with Gasteiger partial charge in [-0.3, -0.25) is 10.2 Å². The van der Waals surface area contributed by atoms with Crippen LogP contribution in [0.4, 0.5) is 4.39 Å². The van der Waals surface area contributed by atoms with Crippen molar-refractivity contribution in [3.63, 3.8) is 0 Å². The maximum atomic E-state index is 13.4. The Morgan fingerprint density at radius 3 is 2.69 bits per heavy atom. The molecule has 0 spiro atoms. The third kappa shape index (κ3) is 2.70. The third-order valence-electron chi connectivity index (χ3n) is 2.32. The van der Waals surface area contributed by atoms with Crippen molar-refractivity contribution in [3.05, 3.63) is 29.6 Å². The lowest BCUT2D eigenvalue weighted by Crippen LogP contribution is -2.37. The SMILES string of the molecule is CNNC(=O)C(C)c1ccc(OC)c(F)c1. The van der Waals surface area contributed by atoms with Crippen LogP contribution in [0, 0.1) is 5.82 Å². The van der Waals surface area contributed by atoms with E-state index in [1.165, 1.54) is 19.2 Å². The molecule has 0 saturated heterocycles. The quantitative estimate of drug-likeness (QED) is 0.758. The Kier molecular flexibility index (Phi) is 4.25.